The van der Waals surface area contributed by atoms with Crippen LogP contribution in [0.25, 0.3) is 0 Å². The van der Waals surface area contributed by atoms with Crippen LogP contribution in [-0.2, 0) is 25.9 Å². The van der Waals surface area contributed by atoms with E-state index in [9.17, 15) is 4.79 Å². The van der Waals surface area contributed by atoms with E-state index in [1.807, 2.05) is 35.0 Å². The molecule has 0 atom stereocenters. The molecule has 29 heavy (non-hydrogen) atoms. The molecule has 6 heteroatoms. The lowest BCUT2D eigenvalue weighted by molar-refractivity contribution is 0.414. The van der Waals surface area contributed by atoms with Crippen molar-refractivity contribution in [2.75, 3.05) is 7.11 Å². The van der Waals surface area contributed by atoms with E-state index in [1.54, 1.807) is 17.7 Å². The second-order valence-electron chi connectivity index (χ2n) is 7.13. The van der Waals surface area contributed by atoms with Gasteiger partial charge in [-0.05, 0) is 61.1 Å². The van der Waals surface area contributed by atoms with Crippen LogP contribution in [0.5, 0.6) is 5.75 Å². The summed E-state index contributed by atoms with van der Waals surface area (Å²) in [7, 11) is 1.67. The molecule has 0 radical (unpaired) electrons. The van der Waals surface area contributed by atoms with E-state index < -0.39 is 0 Å². The summed E-state index contributed by atoms with van der Waals surface area (Å²) in [6.45, 7) is 3.30. The molecule has 0 saturated heterocycles. The summed E-state index contributed by atoms with van der Waals surface area (Å²) in [5.74, 6) is 0.866. The highest BCUT2D eigenvalue weighted by Crippen LogP contribution is 2.23. The number of halogens is 2. The number of benzene rings is 2. The Morgan fingerprint density at radius 1 is 0.966 bits per heavy atom. The summed E-state index contributed by atoms with van der Waals surface area (Å²) in [6.07, 6.45) is 5.70. The van der Waals surface area contributed by atoms with E-state index in [4.69, 9.17) is 27.9 Å². The molecule has 0 aliphatic heterocycles. The Labute approximate surface area is 181 Å². The van der Waals surface area contributed by atoms with E-state index in [2.05, 4.69) is 19.1 Å². The van der Waals surface area contributed by atoms with Gasteiger partial charge < -0.3 is 4.74 Å². The van der Waals surface area contributed by atoms with Gasteiger partial charge in [0.25, 0.3) is 0 Å². The summed E-state index contributed by atoms with van der Waals surface area (Å²) < 4.78 is 8.86. The average molecular weight is 433 g/mol. The lowest BCUT2D eigenvalue weighted by Gasteiger charge is -2.06. The van der Waals surface area contributed by atoms with Crippen molar-refractivity contribution < 1.29 is 4.74 Å². The molecular weight excluding hydrogens is 407 g/mol. The van der Waals surface area contributed by atoms with Gasteiger partial charge in [0.1, 0.15) is 5.75 Å². The van der Waals surface area contributed by atoms with Crippen molar-refractivity contribution in [3.05, 3.63) is 86.0 Å². The number of rotatable bonds is 9. The molecule has 0 aliphatic carbocycles. The van der Waals surface area contributed by atoms with Gasteiger partial charge in [0.05, 0.1) is 23.7 Å². The van der Waals surface area contributed by atoms with E-state index in [0.717, 1.165) is 49.2 Å². The van der Waals surface area contributed by atoms with Gasteiger partial charge in [-0.2, -0.15) is 0 Å². The van der Waals surface area contributed by atoms with Crippen LogP contribution in [0, 0.1) is 0 Å². The van der Waals surface area contributed by atoms with Gasteiger partial charge in [-0.25, -0.2) is 4.79 Å². The molecule has 0 unspecified atom stereocenters. The van der Waals surface area contributed by atoms with Crippen LogP contribution < -0.4 is 10.4 Å². The molecule has 3 aromatic rings. The van der Waals surface area contributed by atoms with Gasteiger partial charge in [-0.3, -0.25) is 9.13 Å². The molecule has 0 N–H and O–H groups in total. The SMILES string of the molecule is CCCn1c(CCCc2ccc(OC)cc2)cn(Cc2ccc(Cl)c(Cl)c2)c1=O. The van der Waals surface area contributed by atoms with Crippen LogP contribution >= 0.6 is 23.2 Å². The fraction of sp³-hybridized carbons (Fsp3) is 0.348. The van der Waals surface area contributed by atoms with Gasteiger partial charge in [0.2, 0.25) is 0 Å². The summed E-state index contributed by atoms with van der Waals surface area (Å²) >= 11 is 12.1. The molecule has 0 saturated carbocycles. The number of aromatic nitrogens is 2. The van der Waals surface area contributed by atoms with E-state index in [1.165, 1.54) is 5.56 Å². The molecule has 3 rings (SSSR count). The van der Waals surface area contributed by atoms with E-state index in [-0.39, 0.29) is 5.69 Å². The second kappa shape index (κ2) is 10.0. The standard InChI is InChI=1S/C23H26Cl2N2O2/c1-3-13-27-19(6-4-5-17-7-10-20(29-2)11-8-17)16-26(23(27)28)15-18-9-12-21(24)22(25)14-18/h7-12,14,16H,3-6,13,15H2,1-2H3. The zero-order valence-corrected chi connectivity index (χ0v) is 18.3. The van der Waals surface area contributed by atoms with Crippen LogP contribution in [0.4, 0.5) is 0 Å². The normalized spacial score (nSPS) is 11.0. The molecule has 0 amide bonds. The minimum Gasteiger partial charge on any atom is -0.497 e. The smallest absolute Gasteiger partial charge is 0.328 e. The first-order valence-corrected chi connectivity index (χ1v) is 10.6. The lowest BCUT2D eigenvalue weighted by atomic mass is 10.1. The van der Waals surface area contributed by atoms with Gasteiger partial charge >= 0.3 is 5.69 Å². The number of ether oxygens (including phenoxy) is 1. The number of hydrogen-bond acceptors (Lipinski definition) is 2. The number of aryl methyl sites for hydroxylation is 2. The minimum absolute atomic E-state index is 0.0253. The highest BCUT2D eigenvalue weighted by molar-refractivity contribution is 6.42. The minimum atomic E-state index is 0.0253. The average Bonchev–Trinajstić information content (AvgIpc) is 3.01. The predicted octanol–water partition coefficient (Wildman–Crippen LogP) is 5.60. The Kier molecular flexibility index (Phi) is 7.45. The molecule has 0 bridgehead atoms. The van der Waals surface area contributed by atoms with Crippen molar-refractivity contribution in [2.24, 2.45) is 0 Å². The molecule has 0 fully saturated rings. The quantitative estimate of drug-likeness (QED) is 0.441. The Morgan fingerprint density at radius 3 is 2.34 bits per heavy atom. The molecule has 0 spiro atoms. The Morgan fingerprint density at radius 2 is 1.69 bits per heavy atom. The number of imidazole rings is 1. The maximum Gasteiger partial charge on any atom is 0.328 e. The Bertz CT molecular complexity index is 1010. The summed E-state index contributed by atoms with van der Waals surface area (Å²) in [5.41, 5.74) is 3.33. The first-order valence-electron chi connectivity index (χ1n) is 9.87. The number of hydrogen-bond donors (Lipinski definition) is 0. The second-order valence-corrected chi connectivity index (χ2v) is 7.95. The van der Waals surface area contributed by atoms with Crippen molar-refractivity contribution in [3.8, 4) is 5.75 Å². The fourth-order valence-corrected chi connectivity index (χ4v) is 3.78. The Balaban J connectivity index is 1.72. The maximum atomic E-state index is 12.9. The van der Waals surface area contributed by atoms with Gasteiger partial charge in [-0.15, -0.1) is 0 Å². The van der Waals surface area contributed by atoms with Crippen LogP contribution in [0.15, 0.2) is 53.5 Å². The van der Waals surface area contributed by atoms with E-state index >= 15 is 0 Å². The highest BCUT2D eigenvalue weighted by atomic mass is 35.5. The third kappa shape index (κ3) is 5.46. The monoisotopic (exact) mass is 432 g/mol. The first kappa shape index (κ1) is 21.5. The van der Waals surface area contributed by atoms with Crippen molar-refractivity contribution in [3.63, 3.8) is 0 Å². The van der Waals surface area contributed by atoms with Gasteiger partial charge in [-0.1, -0.05) is 48.3 Å². The number of nitrogens with zero attached hydrogens (tertiary/aromatic N) is 2. The van der Waals surface area contributed by atoms with Crippen molar-refractivity contribution in [1.29, 1.82) is 0 Å². The topological polar surface area (TPSA) is 36.2 Å². The van der Waals surface area contributed by atoms with Crippen molar-refractivity contribution in [1.82, 2.24) is 9.13 Å². The molecule has 154 valence electrons. The number of methoxy groups -OCH3 is 1. The first-order chi connectivity index (χ1) is 14.0. The summed E-state index contributed by atoms with van der Waals surface area (Å²) in [5, 5.41) is 1.02. The predicted molar refractivity (Wildman–Crippen MR) is 120 cm³/mol. The fourth-order valence-electron chi connectivity index (χ4n) is 3.46. The van der Waals surface area contributed by atoms with Crippen LogP contribution in [0.2, 0.25) is 10.0 Å². The van der Waals surface area contributed by atoms with Crippen molar-refractivity contribution in [2.45, 2.75) is 45.7 Å². The third-order valence-corrected chi connectivity index (χ3v) is 5.71. The van der Waals surface area contributed by atoms with Gasteiger partial charge in [0.15, 0.2) is 0 Å². The third-order valence-electron chi connectivity index (χ3n) is 4.97. The Hall–Kier alpha value is -2.17. The van der Waals surface area contributed by atoms with Gasteiger partial charge in [0, 0.05) is 18.4 Å². The molecule has 1 heterocycles. The zero-order valence-electron chi connectivity index (χ0n) is 16.8. The molecule has 2 aromatic carbocycles. The van der Waals surface area contributed by atoms with Crippen LogP contribution in [0.3, 0.4) is 0 Å². The van der Waals surface area contributed by atoms with E-state index in [0.29, 0.717) is 16.6 Å². The molecular formula is C23H26Cl2N2O2. The lowest BCUT2D eigenvalue weighted by Crippen LogP contribution is -2.25. The highest BCUT2D eigenvalue weighted by Gasteiger charge is 2.12. The van der Waals surface area contributed by atoms with Crippen LogP contribution in [0.1, 0.15) is 36.6 Å². The molecule has 1 aromatic heterocycles. The maximum absolute atomic E-state index is 12.9. The zero-order chi connectivity index (χ0) is 20.8. The molecule has 4 nitrogen and oxygen atoms in total. The largest absolute Gasteiger partial charge is 0.497 e. The van der Waals surface area contributed by atoms with Crippen molar-refractivity contribution >= 4 is 23.2 Å². The summed E-state index contributed by atoms with van der Waals surface area (Å²) in [6, 6.07) is 13.6. The van der Waals surface area contributed by atoms with Crippen LogP contribution in [-0.4, -0.2) is 16.2 Å². The molecule has 0 aliphatic rings. The summed E-state index contributed by atoms with van der Waals surface area (Å²) in [4.78, 5) is 12.9.